The number of hydrogen-bond acceptors (Lipinski definition) is 3. The predicted molar refractivity (Wildman–Crippen MR) is 66.4 cm³/mol. The maximum Gasteiger partial charge on any atom is 0.245 e. The second-order valence-electron chi connectivity index (χ2n) is 3.56. The third-order valence-electron chi connectivity index (χ3n) is 2.23. The van der Waals surface area contributed by atoms with E-state index in [0.29, 0.717) is 5.56 Å². The van der Waals surface area contributed by atoms with E-state index in [-0.39, 0.29) is 0 Å². The largest absolute Gasteiger partial charge is 0.358 e. The Bertz CT molecular complexity index is 485. The summed E-state index contributed by atoms with van der Waals surface area (Å²) in [6, 6.07) is 6.81. The number of nitriles is 1. The summed E-state index contributed by atoms with van der Waals surface area (Å²) in [7, 11) is 1.39. The number of Topliss-reactive ketones (excluding diaryl/α,β-unsaturated/α-hetero) is 1. The molecular formula is C12H11BrN2O2. The lowest BCUT2D eigenvalue weighted by Gasteiger charge is -2.07. The summed E-state index contributed by atoms with van der Waals surface area (Å²) in [5, 5.41) is 11.2. The summed E-state index contributed by atoms with van der Waals surface area (Å²) in [6.07, 6.45) is 0. The number of aryl methyl sites for hydroxylation is 1. The van der Waals surface area contributed by atoms with Crippen molar-refractivity contribution in [1.82, 2.24) is 5.32 Å². The van der Waals surface area contributed by atoms with Gasteiger partial charge in [-0.15, -0.1) is 0 Å². The fourth-order valence-corrected chi connectivity index (χ4v) is 2.03. The summed E-state index contributed by atoms with van der Waals surface area (Å²) in [5.41, 5.74) is 1.24. The van der Waals surface area contributed by atoms with E-state index in [0.717, 1.165) is 10.0 Å². The number of benzene rings is 1. The minimum atomic E-state index is -1.30. The van der Waals surface area contributed by atoms with E-state index >= 15 is 0 Å². The second kappa shape index (κ2) is 5.60. The number of nitrogens with zero attached hydrogens (tertiary/aromatic N) is 1. The normalized spacial score (nSPS) is 11.4. The molecule has 0 aliphatic heterocycles. The quantitative estimate of drug-likeness (QED) is 0.683. The van der Waals surface area contributed by atoms with Crippen molar-refractivity contribution in [2.45, 2.75) is 6.92 Å². The van der Waals surface area contributed by atoms with Gasteiger partial charge in [0.2, 0.25) is 5.91 Å². The molecule has 1 aromatic carbocycles. The fourth-order valence-electron chi connectivity index (χ4n) is 1.43. The van der Waals surface area contributed by atoms with Gasteiger partial charge in [-0.1, -0.05) is 15.9 Å². The van der Waals surface area contributed by atoms with Gasteiger partial charge in [0.15, 0.2) is 11.7 Å². The molecule has 1 N–H and O–H groups in total. The molecule has 0 heterocycles. The lowest BCUT2D eigenvalue weighted by Crippen LogP contribution is -2.32. The number of carbonyl (C=O) groups is 2. The van der Waals surface area contributed by atoms with Gasteiger partial charge in [-0.3, -0.25) is 9.59 Å². The topological polar surface area (TPSA) is 70.0 Å². The highest BCUT2D eigenvalue weighted by molar-refractivity contribution is 9.10. The molecular weight excluding hydrogens is 284 g/mol. The highest BCUT2D eigenvalue weighted by Crippen LogP contribution is 2.18. The first-order valence-corrected chi connectivity index (χ1v) is 5.71. The van der Waals surface area contributed by atoms with Gasteiger partial charge in [-0.2, -0.15) is 5.26 Å². The lowest BCUT2D eigenvalue weighted by atomic mass is 9.97. The van der Waals surface area contributed by atoms with Crippen molar-refractivity contribution in [2.24, 2.45) is 5.92 Å². The highest BCUT2D eigenvalue weighted by atomic mass is 79.9. The first-order valence-electron chi connectivity index (χ1n) is 4.92. The van der Waals surface area contributed by atoms with Crippen molar-refractivity contribution >= 4 is 27.6 Å². The molecule has 1 amide bonds. The Labute approximate surface area is 108 Å². The summed E-state index contributed by atoms with van der Waals surface area (Å²) in [5.74, 6) is -2.37. The molecule has 0 aliphatic carbocycles. The van der Waals surface area contributed by atoms with Crippen LogP contribution in [0.15, 0.2) is 22.7 Å². The number of rotatable bonds is 3. The molecule has 0 unspecified atom stereocenters. The number of carbonyl (C=O) groups excluding carboxylic acids is 2. The van der Waals surface area contributed by atoms with Crippen LogP contribution < -0.4 is 5.32 Å². The smallest absolute Gasteiger partial charge is 0.245 e. The lowest BCUT2D eigenvalue weighted by molar-refractivity contribution is -0.121. The van der Waals surface area contributed by atoms with Crippen molar-refractivity contribution in [2.75, 3.05) is 7.05 Å². The van der Waals surface area contributed by atoms with Gasteiger partial charge >= 0.3 is 0 Å². The minimum Gasteiger partial charge on any atom is -0.358 e. The number of ketones is 1. The van der Waals surface area contributed by atoms with E-state index < -0.39 is 17.6 Å². The zero-order valence-corrected chi connectivity index (χ0v) is 11.0. The van der Waals surface area contributed by atoms with Gasteiger partial charge < -0.3 is 5.32 Å². The van der Waals surface area contributed by atoms with Crippen molar-refractivity contribution in [3.63, 3.8) is 0 Å². The van der Waals surface area contributed by atoms with Crippen LogP contribution in [-0.4, -0.2) is 18.7 Å². The van der Waals surface area contributed by atoms with Crippen LogP contribution >= 0.6 is 15.9 Å². The molecule has 0 saturated carbocycles. The number of hydrogen-bond donors (Lipinski definition) is 1. The average molecular weight is 295 g/mol. The Morgan fingerprint density at radius 3 is 2.53 bits per heavy atom. The molecule has 17 heavy (non-hydrogen) atoms. The standard InChI is InChI=1S/C12H11BrN2O2/c1-7-3-8(5-9(13)4-7)11(16)10(6-14)12(17)15-2/h3-5,10H,1-2H3,(H,15,17)/t10-/m1/s1. The molecule has 0 aliphatic rings. The van der Waals surface area contributed by atoms with Crippen molar-refractivity contribution in [1.29, 1.82) is 5.26 Å². The van der Waals surface area contributed by atoms with E-state index in [1.807, 2.05) is 13.0 Å². The van der Waals surface area contributed by atoms with Gasteiger partial charge in [0.25, 0.3) is 0 Å². The zero-order valence-electron chi connectivity index (χ0n) is 9.45. The monoisotopic (exact) mass is 294 g/mol. The van der Waals surface area contributed by atoms with Crippen LogP contribution in [-0.2, 0) is 4.79 Å². The van der Waals surface area contributed by atoms with Crippen LogP contribution in [0.5, 0.6) is 0 Å². The molecule has 0 bridgehead atoms. The number of amides is 1. The summed E-state index contributed by atoms with van der Waals surface area (Å²) in [6.45, 7) is 1.84. The Kier molecular flexibility index (Phi) is 4.41. The number of nitrogens with one attached hydrogen (secondary N) is 1. The van der Waals surface area contributed by atoms with Gasteiger partial charge in [-0.25, -0.2) is 0 Å². The Morgan fingerprint density at radius 1 is 1.41 bits per heavy atom. The van der Waals surface area contributed by atoms with E-state index in [4.69, 9.17) is 5.26 Å². The van der Waals surface area contributed by atoms with E-state index in [1.54, 1.807) is 18.2 Å². The third kappa shape index (κ3) is 3.14. The minimum absolute atomic E-state index is 0.354. The fraction of sp³-hybridized carbons (Fsp3) is 0.250. The summed E-state index contributed by atoms with van der Waals surface area (Å²) >= 11 is 3.27. The van der Waals surface area contributed by atoms with Crippen LogP contribution in [0.3, 0.4) is 0 Å². The Morgan fingerprint density at radius 2 is 2.06 bits per heavy atom. The summed E-state index contributed by atoms with van der Waals surface area (Å²) in [4.78, 5) is 23.3. The van der Waals surface area contributed by atoms with Crippen LogP contribution in [0.2, 0.25) is 0 Å². The Balaban J connectivity index is 3.11. The van der Waals surface area contributed by atoms with Crippen molar-refractivity contribution in [3.8, 4) is 6.07 Å². The third-order valence-corrected chi connectivity index (χ3v) is 2.68. The molecule has 5 heteroatoms. The molecule has 0 aromatic heterocycles. The number of halogens is 1. The van der Waals surface area contributed by atoms with E-state index in [2.05, 4.69) is 21.2 Å². The van der Waals surface area contributed by atoms with Crippen LogP contribution in [0.25, 0.3) is 0 Å². The first-order chi connectivity index (χ1) is 7.99. The SMILES string of the molecule is CNC(=O)[C@H](C#N)C(=O)c1cc(C)cc(Br)c1. The Hall–Kier alpha value is -1.67. The zero-order chi connectivity index (χ0) is 13.0. The van der Waals surface area contributed by atoms with Crippen LogP contribution in [0.1, 0.15) is 15.9 Å². The molecule has 0 spiro atoms. The average Bonchev–Trinajstić information content (AvgIpc) is 2.28. The van der Waals surface area contributed by atoms with Crippen LogP contribution in [0, 0.1) is 24.2 Å². The molecule has 0 radical (unpaired) electrons. The van der Waals surface area contributed by atoms with Crippen molar-refractivity contribution in [3.05, 3.63) is 33.8 Å². The van der Waals surface area contributed by atoms with Gasteiger partial charge in [0.05, 0.1) is 6.07 Å². The molecule has 4 nitrogen and oxygen atoms in total. The molecule has 0 saturated heterocycles. The maximum absolute atomic E-state index is 12.0. The van der Waals surface area contributed by atoms with Gasteiger partial charge in [-0.05, 0) is 30.7 Å². The first kappa shape index (κ1) is 13.4. The maximum atomic E-state index is 12.0. The molecule has 1 aromatic rings. The van der Waals surface area contributed by atoms with Crippen molar-refractivity contribution < 1.29 is 9.59 Å². The summed E-state index contributed by atoms with van der Waals surface area (Å²) < 4.78 is 0.745. The molecule has 0 fully saturated rings. The molecule has 88 valence electrons. The van der Waals surface area contributed by atoms with Gasteiger partial charge in [0, 0.05) is 17.1 Å². The molecule has 1 atom stereocenters. The second-order valence-corrected chi connectivity index (χ2v) is 4.47. The van der Waals surface area contributed by atoms with Gasteiger partial charge in [0.1, 0.15) is 0 Å². The molecule has 1 rings (SSSR count). The predicted octanol–water partition coefficient (Wildman–Crippen LogP) is 1.83. The van der Waals surface area contributed by atoms with E-state index in [9.17, 15) is 9.59 Å². The highest BCUT2D eigenvalue weighted by Gasteiger charge is 2.26. The van der Waals surface area contributed by atoms with Crippen LogP contribution in [0.4, 0.5) is 0 Å². The van der Waals surface area contributed by atoms with E-state index in [1.165, 1.54) is 7.05 Å².